The topological polar surface area (TPSA) is 137 Å². The third-order valence-electron chi connectivity index (χ3n) is 5.05. The van der Waals surface area contributed by atoms with Gasteiger partial charge in [-0.15, -0.1) is 5.10 Å². The number of fused-ring (bicyclic) bond motifs is 2. The number of imidazole rings is 1. The maximum atomic E-state index is 12.8. The van der Waals surface area contributed by atoms with Gasteiger partial charge in [0, 0.05) is 16.8 Å². The molecule has 3 aromatic heterocycles. The largest absolute Gasteiger partial charge is 0.323 e. The van der Waals surface area contributed by atoms with Gasteiger partial charge in [-0.2, -0.15) is 0 Å². The Hall–Kier alpha value is -3.96. The van der Waals surface area contributed by atoms with Crippen molar-refractivity contribution in [3.63, 3.8) is 0 Å². The van der Waals surface area contributed by atoms with E-state index >= 15 is 0 Å². The minimum absolute atomic E-state index is 0.177. The van der Waals surface area contributed by atoms with Crippen LogP contribution in [0.1, 0.15) is 20.8 Å². The van der Waals surface area contributed by atoms with E-state index in [1.807, 2.05) is 24.3 Å². The van der Waals surface area contributed by atoms with E-state index in [4.69, 9.17) is 0 Å². The van der Waals surface area contributed by atoms with Crippen LogP contribution in [0.25, 0.3) is 27.8 Å². The molecule has 0 amide bonds. The van der Waals surface area contributed by atoms with Crippen molar-refractivity contribution in [2.24, 2.45) is 0 Å². The first-order valence-electron chi connectivity index (χ1n) is 10.6. The minimum Gasteiger partial charge on any atom is -0.323 e. The molecule has 174 valence electrons. The number of H-pyrrole nitrogens is 2. The molecule has 0 saturated heterocycles. The molecule has 5 aromatic rings. The van der Waals surface area contributed by atoms with Crippen LogP contribution in [0.3, 0.4) is 0 Å². The first kappa shape index (κ1) is 21.9. The molecule has 34 heavy (non-hydrogen) atoms. The van der Waals surface area contributed by atoms with Gasteiger partial charge in [0.15, 0.2) is 0 Å². The molecule has 11 heteroatoms. The van der Waals surface area contributed by atoms with E-state index in [0.29, 0.717) is 28.2 Å². The second-order valence-electron chi connectivity index (χ2n) is 8.98. The summed E-state index contributed by atoms with van der Waals surface area (Å²) in [6, 6.07) is 15.9. The lowest BCUT2D eigenvalue weighted by molar-refractivity contribution is 0.491. The van der Waals surface area contributed by atoms with Crippen molar-refractivity contribution in [3.8, 4) is 11.3 Å². The summed E-state index contributed by atoms with van der Waals surface area (Å²) in [5, 5.41) is 7.74. The highest BCUT2D eigenvalue weighted by Gasteiger charge is 2.22. The third kappa shape index (κ3) is 4.30. The van der Waals surface area contributed by atoms with Gasteiger partial charge in [-0.25, -0.2) is 27.4 Å². The number of nitrogens with zero attached hydrogens (tertiary/aromatic N) is 3. The van der Waals surface area contributed by atoms with Gasteiger partial charge in [0.25, 0.3) is 0 Å². The van der Waals surface area contributed by atoms with Crippen molar-refractivity contribution in [2.45, 2.75) is 31.2 Å². The van der Waals surface area contributed by atoms with Gasteiger partial charge in [0.2, 0.25) is 16.0 Å². The monoisotopic (exact) mass is 477 g/mol. The summed E-state index contributed by atoms with van der Waals surface area (Å²) in [6.07, 6.45) is 1.68. The number of aromatic amines is 2. The normalized spacial score (nSPS) is 12.4. The number of nitrogens with one attached hydrogen (secondary N) is 4. The number of anilines is 2. The van der Waals surface area contributed by atoms with E-state index in [1.165, 1.54) is 0 Å². The zero-order chi connectivity index (χ0) is 24.1. The van der Waals surface area contributed by atoms with Gasteiger partial charge >= 0.3 is 5.69 Å². The fourth-order valence-corrected chi connectivity index (χ4v) is 5.17. The lowest BCUT2D eigenvalue weighted by Gasteiger charge is -2.20. The first-order valence-corrected chi connectivity index (χ1v) is 12.0. The Kier molecular flexibility index (Phi) is 5.03. The van der Waals surface area contributed by atoms with Crippen LogP contribution in [-0.4, -0.2) is 38.5 Å². The Morgan fingerprint density at radius 1 is 0.971 bits per heavy atom. The second-order valence-corrected chi connectivity index (χ2v) is 10.7. The third-order valence-corrected chi connectivity index (χ3v) is 6.81. The fourth-order valence-electron chi connectivity index (χ4n) is 3.70. The predicted molar refractivity (Wildman–Crippen MR) is 131 cm³/mol. The molecule has 4 N–H and O–H groups in total. The summed E-state index contributed by atoms with van der Waals surface area (Å²) in [6.45, 7) is 5.39. The number of hydrogen-bond donors (Lipinski definition) is 4. The molecule has 10 nitrogen and oxygen atoms in total. The fraction of sp³-hybridized carbons (Fsp3) is 0.174. The highest BCUT2D eigenvalue weighted by Crippen LogP contribution is 2.26. The van der Waals surface area contributed by atoms with Crippen LogP contribution in [0.2, 0.25) is 0 Å². The molecule has 0 fully saturated rings. The van der Waals surface area contributed by atoms with Gasteiger partial charge in [-0.3, -0.25) is 0 Å². The Labute approximate surface area is 195 Å². The maximum absolute atomic E-state index is 12.8. The highest BCUT2D eigenvalue weighted by molar-refractivity contribution is 7.89. The molecule has 0 aliphatic carbocycles. The van der Waals surface area contributed by atoms with Gasteiger partial charge in [0.05, 0.1) is 33.3 Å². The summed E-state index contributed by atoms with van der Waals surface area (Å²) in [4.78, 5) is 21.5. The SMILES string of the molecule is CC(C)(C)NS(=O)(=O)c1cccc(-c2ccc3cnc(Nc4ccc5[nH]c(=O)[nH]c5c4)nn23)c1. The van der Waals surface area contributed by atoms with E-state index in [9.17, 15) is 13.2 Å². The number of rotatable bonds is 5. The second kappa shape index (κ2) is 7.82. The van der Waals surface area contributed by atoms with Crippen molar-refractivity contribution < 1.29 is 8.42 Å². The van der Waals surface area contributed by atoms with Gasteiger partial charge in [-0.05, 0) is 63.2 Å². The molecular formula is C23H23N7O3S. The minimum atomic E-state index is -3.68. The summed E-state index contributed by atoms with van der Waals surface area (Å²) in [5.41, 5.74) is 3.38. The Bertz CT molecular complexity index is 1690. The summed E-state index contributed by atoms with van der Waals surface area (Å²) >= 11 is 0. The van der Waals surface area contributed by atoms with E-state index in [2.05, 4.69) is 30.1 Å². The molecule has 5 rings (SSSR count). The van der Waals surface area contributed by atoms with Crippen LogP contribution in [0.15, 0.2) is 70.5 Å². The smallest absolute Gasteiger partial charge is 0.323 e. The molecular weight excluding hydrogens is 454 g/mol. The predicted octanol–water partition coefficient (Wildman–Crippen LogP) is 3.39. The van der Waals surface area contributed by atoms with Crippen molar-refractivity contribution >= 4 is 38.2 Å². The van der Waals surface area contributed by atoms with Crippen molar-refractivity contribution in [1.82, 2.24) is 29.3 Å². The van der Waals surface area contributed by atoms with E-state index in [1.54, 1.807) is 61.8 Å². The lowest BCUT2D eigenvalue weighted by atomic mass is 10.1. The summed E-state index contributed by atoms with van der Waals surface area (Å²) in [7, 11) is -3.68. The van der Waals surface area contributed by atoms with Gasteiger partial charge in [-0.1, -0.05) is 12.1 Å². The molecule has 0 unspecified atom stereocenters. The van der Waals surface area contributed by atoms with Crippen LogP contribution in [0.4, 0.5) is 11.6 Å². The van der Waals surface area contributed by atoms with Crippen LogP contribution in [-0.2, 0) is 10.0 Å². The molecule has 3 heterocycles. The average Bonchev–Trinajstić information content (AvgIpc) is 3.34. The zero-order valence-electron chi connectivity index (χ0n) is 18.7. The number of hydrogen-bond acceptors (Lipinski definition) is 6. The molecule has 2 aromatic carbocycles. The van der Waals surface area contributed by atoms with Crippen LogP contribution < -0.4 is 15.7 Å². The van der Waals surface area contributed by atoms with Gasteiger partial charge < -0.3 is 15.3 Å². The van der Waals surface area contributed by atoms with E-state index < -0.39 is 15.6 Å². The van der Waals surface area contributed by atoms with Crippen molar-refractivity contribution in [1.29, 1.82) is 0 Å². The summed E-state index contributed by atoms with van der Waals surface area (Å²) < 4.78 is 30.0. The Morgan fingerprint density at radius 3 is 2.56 bits per heavy atom. The molecule has 0 bridgehead atoms. The molecule has 0 aliphatic rings. The Morgan fingerprint density at radius 2 is 1.76 bits per heavy atom. The number of aromatic nitrogens is 5. The molecule has 0 aliphatic heterocycles. The maximum Gasteiger partial charge on any atom is 0.323 e. The quantitative estimate of drug-likeness (QED) is 0.306. The number of sulfonamides is 1. The van der Waals surface area contributed by atoms with Crippen LogP contribution in [0, 0.1) is 0 Å². The summed E-state index contributed by atoms with van der Waals surface area (Å²) in [5.74, 6) is 0.348. The molecule has 0 spiro atoms. The first-order chi connectivity index (χ1) is 16.1. The standard InChI is InChI=1S/C23H23N7O3S/c1-23(2,3)29-34(32,33)17-6-4-5-14(11-17)20-10-8-16-13-24-21(28-30(16)20)25-15-7-9-18-19(12-15)27-22(31)26-18/h4-13,29H,1-3H3,(H,25,28)(H2,26,27,31). The molecule has 0 radical (unpaired) electrons. The Balaban J connectivity index is 1.50. The van der Waals surface area contributed by atoms with Crippen molar-refractivity contribution in [3.05, 3.63) is 71.3 Å². The lowest BCUT2D eigenvalue weighted by Crippen LogP contribution is -2.40. The van der Waals surface area contributed by atoms with Gasteiger partial charge in [0.1, 0.15) is 0 Å². The molecule has 0 saturated carbocycles. The van der Waals surface area contributed by atoms with Crippen molar-refractivity contribution in [2.75, 3.05) is 5.32 Å². The number of benzene rings is 2. The average molecular weight is 478 g/mol. The zero-order valence-corrected chi connectivity index (χ0v) is 19.6. The van der Waals surface area contributed by atoms with E-state index in [-0.39, 0.29) is 10.6 Å². The van der Waals surface area contributed by atoms with Crippen LogP contribution >= 0.6 is 0 Å². The van der Waals surface area contributed by atoms with Crippen LogP contribution in [0.5, 0.6) is 0 Å². The highest BCUT2D eigenvalue weighted by atomic mass is 32.2. The van der Waals surface area contributed by atoms with E-state index in [0.717, 1.165) is 11.2 Å². The molecule has 0 atom stereocenters.